The molecule has 0 bridgehead atoms. The first-order chi connectivity index (χ1) is 7.47. The molecule has 0 saturated carbocycles. The van der Waals surface area contributed by atoms with Crippen molar-refractivity contribution in [3.8, 4) is 11.5 Å². The van der Waals surface area contributed by atoms with Crippen molar-refractivity contribution in [3.05, 3.63) is 24.3 Å². The van der Waals surface area contributed by atoms with Crippen molar-refractivity contribution in [3.63, 3.8) is 0 Å². The average molecular weight is 255 g/mol. The fraction of sp³-hybridized carbons (Fsp3) is 0.111. The van der Waals surface area contributed by atoms with Crippen LogP contribution in [-0.2, 0) is 22.5 Å². The van der Waals surface area contributed by atoms with Crippen molar-refractivity contribution < 1.29 is 12.8 Å². The number of nitrogens with zero attached hydrogens (tertiary/aromatic N) is 2. The Morgan fingerprint density at radius 2 is 1.81 bits per heavy atom. The molecule has 5 nitrogen and oxygen atoms in total. The number of hydrogen-bond acceptors (Lipinski definition) is 6. The fourth-order valence-corrected chi connectivity index (χ4v) is 1.92. The summed E-state index contributed by atoms with van der Waals surface area (Å²) in [5.74, 6) is 0.282. The smallest absolute Gasteiger partial charge is 0.245 e. The number of rotatable bonds is 2. The van der Waals surface area contributed by atoms with E-state index < -0.39 is 9.84 Å². The number of benzene rings is 1. The Morgan fingerprint density at radius 3 is 2.25 bits per heavy atom. The van der Waals surface area contributed by atoms with Crippen LogP contribution < -0.4 is 0 Å². The highest BCUT2D eigenvalue weighted by molar-refractivity contribution is 7.90. The lowest BCUT2D eigenvalue weighted by Gasteiger charge is -1.99. The van der Waals surface area contributed by atoms with E-state index in [9.17, 15) is 8.42 Å². The quantitative estimate of drug-likeness (QED) is 0.747. The van der Waals surface area contributed by atoms with E-state index >= 15 is 0 Å². The first kappa shape index (κ1) is 11.0. The van der Waals surface area contributed by atoms with Gasteiger partial charge in [0.1, 0.15) is 0 Å². The monoisotopic (exact) mass is 255 g/mol. The summed E-state index contributed by atoms with van der Waals surface area (Å²) in [6.45, 7) is 0. The van der Waals surface area contributed by atoms with E-state index in [0.717, 1.165) is 6.26 Å². The largest absolute Gasteiger partial charge is 0.719 e. The summed E-state index contributed by atoms with van der Waals surface area (Å²) in [6.07, 6.45) is 1.15. The predicted molar refractivity (Wildman–Crippen MR) is 58.5 cm³/mol. The highest BCUT2D eigenvalue weighted by Crippen LogP contribution is 2.19. The Hall–Kier alpha value is -1.47. The van der Waals surface area contributed by atoms with Crippen LogP contribution in [0.15, 0.2) is 38.8 Å². The molecule has 84 valence electrons. The molecule has 0 atom stereocenters. The van der Waals surface area contributed by atoms with E-state index in [1.54, 1.807) is 12.1 Å². The van der Waals surface area contributed by atoms with Crippen LogP contribution in [0.25, 0.3) is 11.5 Å². The molecule has 1 aromatic heterocycles. The van der Waals surface area contributed by atoms with Gasteiger partial charge in [0.05, 0.1) is 10.1 Å². The molecule has 16 heavy (non-hydrogen) atoms. The summed E-state index contributed by atoms with van der Waals surface area (Å²) in [5.41, 5.74) is 0.635. The van der Waals surface area contributed by atoms with Gasteiger partial charge >= 0.3 is 0 Å². The third-order valence-corrected chi connectivity index (χ3v) is 3.23. The van der Waals surface area contributed by atoms with Gasteiger partial charge in [-0.15, -0.1) is 10.2 Å². The van der Waals surface area contributed by atoms with Crippen molar-refractivity contribution in [1.29, 1.82) is 0 Å². The normalized spacial score (nSPS) is 11.6. The SMILES string of the molecule is CS(=O)(=O)c1ccc(-c2nnc([S-])o2)cc1. The van der Waals surface area contributed by atoms with Gasteiger partial charge in [0.15, 0.2) is 9.84 Å². The maximum Gasteiger partial charge on any atom is 0.245 e. The molecule has 0 saturated heterocycles. The van der Waals surface area contributed by atoms with Crippen LogP contribution in [0.4, 0.5) is 0 Å². The lowest BCUT2D eigenvalue weighted by Crippen LogP contribution is -1.96. The molecule has 1 aromatic carbocycles. The number of hydrogen-bond donors (Lipinski definition) is 0. The van der Waals surface area contributed by atoms with Crippen molar-refractivity contribution in [2.75, 3.05) is 6.26 Å². The summed E-state index contributed by atoms with van der Waals surface area (Å²) in [7, 11) is -3.18. The third kappa shape index (κ3) is 2.20. The zero-order valence-electron chi connectivity index (χ0n) is 8.25. The van der Waals surface area contributed by atoms with E-state index in [1.807, 2.05) is 0 Å². The van der Waals surface area contributed by atoms with Gasteiger partial charge in [0.2, 0.25) is 5.89 Å². The molecule has 0 unspecified atom stereocenters. The fourth-order valence-electron chi connectivity index (χ4n) is 1.17. The maximum atomic E-state index is 11.2. The summed E-state index contributed by atoms with van der Waals surface area (Å²) in [4.78, 5) is 0.245. The summed E-state index contributed by atoms with van der Waals surface area (Å²) < 4.78 is 27.5. The minimum absolute atomic E-state index is 0.0576. The standard InChI is InChI=1S/C9H8N2O3S2/c1-16(12,13)7-4-2-6(3-5-7)8-10-11-9(15)14-8/h2-5H,1H3,(H,11,15)/p-1. The number of aromatic nitrogens is 2. The Bertz CT molecular complexity index is 602. The Labute approximate surface area is 97.8 Å². The van der Waals surface area contributed by atoms with Gasteiger partial charge in [-0.25, -0.2) is 8.42 Å². The van der Waals surface area contributed by atoms with Crippen molar-refractivity contribution in [1.82, 2.24) is 10.2 Å². The highest BCUT2D eigenvalue weighted by Gasteiger charge is 2.08. The third-order valence-electron chi connectivity index (χ3n) is 1.94. The highest BCUT2D eigenvalue weighted by atomic mass is 32.2. The van der Waals surface area contributed by atoms with E-state index in [0.29, 0.717) is 5.56 Å². The predicted octanol–water partition coefficient (Wildman–Crippen LogP) is 1.05. The van der Waals surface area contributed by atoms with E-state index in [4.69, 9.17) is 4.42 Å². The van der Waals surface area contributed by atoms with Crippen LogP contribution in [0.3, 0.4) is 0 Å². The van der Waals surface area contributed by atoms with Crippen molar-refractivity contribution in [2.24, 2.45) is 0 Å². The van der Waals surface area contributed by atoms with Crippen LogP contribution in [0.1, 0.15) is 0 Å². The zero-order chi connectivity index (χ0) is 11.8. The molecule has 1 heterocycles. The van der Waals surface area contributed by atoms with Gasteiger partial charge in [-0.2, -0.15) is 0 Å². The van der Waals surface area contributed by atoms with Gasteiger partial charge in [0, 0.05) is 11.8 Å². The van der Waals surface area contributed by atoms with E-state index in [1.165, 1.54) is 12.1 Å². The average Bonchev–Trinajstić information content (AvgIpc) is 2.64. The molecule has 0 spiro atoms. The second-order valence-electron chi connectivity index (χ2n) is 3.17. The van der Waals surface area contributed by atoms with Crippen LogP contribution in [0.2, 0.25) is 0 Å². The molecular formula is C9H7N2O3S2-. The molecule has 0 fully saturated rings. The molecule has 7 heteroatoms. The van der Waals surface area contributed by atoms with E-state index in [-0.39, 0.29) is 16.0 Å². The van der Waals surface area contributed by atoms with Crippen molar-refractivity contribution in [2.45, 2.75) is 10.1 Å². The molecule has 2 rings (SSSR count). The molecule has 0 amide bonds. The summed E-state index contributed by atoms with van der Waals surface area (Å²) >= 11 is 4.68. The lowest BCUT2D eigenvalue weighted by molar-refractivity contribution is 0.467. The Kier molecular flexibility index (Phi) is 2.64. The Morgan fingerprint density at radius 1 is 1.19 bits per heavy atom. The van der Waals surface area contributed by atoms with Gasteiger partial charge in [0.25, 0.3) is 0 Å². The molecule has 0 N–H and O–H groups in total. The Balaban J connectivity index is 2.40. The maximum absolute atomic E-state index is 11.2. The van der Waals surface area contributed by atoms with Gasteiger partial charge < -0.3 is 17.0 Å². The van der Waals surface area contributed by atoms with Crippen LogP contribution >= 0.6 is 0 Å². The van der Waals surface area contributed by atoms with Gasteiger partial charge in [-0.1, -0.05) is 0 Å². The summed E-state index contributed by atoms with van der Waals surface area (Å²) in [6, 6.07) is 6.16. The first-order valence-corrected chi connectivity index (χ1v) is 6.58. The van der Waals surface area contributed by atoms with Crippen molar-refractivity contribution >= 4 is 22.5 Å². The van der Waals surface area contributed by atoms with Crippen LogP contribution in [0.5, 0.6) is 0 Å². The minimum Gasteiger partial charge on any atom is -0.719 e. The number of sulfone groups is 1. The molecule has 0 aliphatic carbocycles. The van der Waals surface area contributed by atoms with Gasteiger partial charge in [-0.05, 0) is 24.3 Å². The molecular weight excluding hydrogens is 248 g/mol. The summed E-state index contributed by atoms with van der Waals surface area (Å²) in [5, 5.41) is 7.31. The zero-order valence-corrected chi connectivity index (χ0v) is 9.88. The molecule has 0 aliphatic heterocycles. The van der Waals surface area contributed by atoms with Crippen LogP contribution in [-0.4, -0.2) is 24.9 Å². The van der Waals surface area contributed by atoms with Gasteiger partial charge in [-0.3, -0.25) is 0 Å². The second-order valence-corrected chi connectivity index (χ2v) is 5.53. The lowest BCUT2D eigenvalue weighted by atomic mass is 10.2. The second kappa shape index (κ2) is 3.84. The molecule has 0 radical (unpaired) electrons. The molecule has 0 aliphatic rings. The topological polar surface area (TPSA) is 73.1 Å². The van der Waals surface area contributed by atoms with Crippen LogP contribution in [0, 0.1) is 0 Å². The molecule has 2 aromatic rings. The minimum atomic E-state index is -3.18. The first-order valence-electron chi connectivity index (χ1n) is 4.28. The van der Waals surface area contributed by atoms with E-state index in [2.05, 4.69) is 22.8 Å².